The van der Waals surface area contributed by atoms with Crippen molar-refractivity contribution in [1.29, 1.82) is 0 Å². The second kappa shape index (κ2) is 3.10. The van der Waals surface area contributed by atoms with Gasteiger partial charge in [-0.05, 0) is 42.4 Å². The Morgan fingerprint density at radius 2 is 2.17 bits per heavy atom. The van der Waals surface area contributed by atoms with Gasteiger partial charge >= 0.3 is 0 Å². The van der Waals surface area contributed by atoms with E-state index in [4.69, 9.17) is 0 Å². The zero-order chi connectivity index (χ0) is 15.5. The van der Waals surface area contributed by atoms with Crippen LogP contribution in [0.3, 0.4) is 0 Å². The van der Waals surface area contributed by atoms with Crippen LogP contribution in [0, 0.1) is 39.9 Å². The van der Waals surface area contributed by atoms with E-state index in [1.54, 1.807) is 0 Å². The van der Waals surface area contributed by atoms with Gasteiger partial charge in [-0.25, -0.2) is 0 Å². The molecule has 1 N–H and O–H groups in total. The van der Waals surface area contributed by atoms with Crippen LogP contribution in [0.25, 0.3) is 0 Å². The van der Waals surface area contributed by atoms with E-state index in [1.165, 1.54) is 25.8 Å². The summed E-state index contributed by atoms with van der Waals surface area (Å²) in [4.78, 5) is 16.3. The number of carbonyl (C=O) groups excluding carboxylic acids is 1. The van der Waals surface area contributed by atoms with Gasteiger partial charge in [0.1, 0.15) is 5.78 Å². The van der Waals surface area contributed by atoms with Crippen molar-refractivity contribution in [3.05, 3.63) is 12.2 Å². The van der Waals surface area contributed by atoms with Crippen LogP contribution in [0.5, 0.6) is 0 Å². The molecule has 0 aromatic rings. The van der Waals surface area contributed by atoms with Gasteiger partial charge in [0, 0.05) is 35.9 Å². The first kappa shape index (κ1) is 12.7. The molecule has 6 saturated carbocycles. The molecule has 9 aliphatic rings. The lowest BCUT2D eigenvalue weighted by Crippen LogP contribution is -2.66. The average Bonchev–Trinajstić information content (AvgIpc) is 2.90. The van der Waals surface area contributed by atoms with E-state index >= 15 is 0 Å². The Bertz CT molecular complexity index is 716. The first-order valence-corrected chi connectivity index (χ1v) is 9.61. The van der Waals surface area contributed by atoms with Crippen molar-refractivity contribution in [2.45, 2.75) is 57.2 Å². The van der Waals surface area contributed by atoms with Crippen LogP contribution in [0.1, 0.15) is 39.0 Å². The maximum absolute atomic E-state index is 13.5. The van der Waals surface area contributed by atoms with E-state index in [9.17, 15) is 9.90 Å². The molecule has 3 aliphatic heterocycles. The number of fused-ring (bicyclic) bond motifs is 1. The number of ketones is 1. The SMILES string of the molecule is C=C1C[C@@]23C[C@H]4[C@@H]5[C@@]6(C)CCC[C@@]57[C@@H]2C(=O)[C@@H]1[C@@H](O)[C@@H]3[C@H]7N4C6. The molecule has 2 spiro atoms. The summed E-state index contributed by atoms with van der Waals surface area (Å²) in [6.07, 6.45) is 5.62. The maximum atomic E-state index is 13.5. The monoisotopic (exact) mass is 311 g/mol. The lowest BCUT2D eigenvalue weighted by Gasteiger charge is -2.62. The van der Waals surface area contributed by atoms with Gasteiger partial charge in [-0.3, -0.25) is 9.69 Å². The van der Waals surface area contributed by atoms with Gasteiger partial charge in [-0.15, -0.1) is 0 Å². The summed E-state index contributed by atoms with van der Waals surface area (Å²) in [6, 6.07) is 1.20. The van der Waals surface area contributed by atoms with E-state index in [1.807, 2.05) is 0 Å². The van der Waals surface area contributed by atoms with E-state index in [0.29, 0.717) is 29.2 Å². The third-order valence-electron chi connectivity index (χ3n) is 9.95. The van der Waals surface area contributed by atoms with Gasteiger partial charge in [-0.1, -0.05) is 25.5 Å². The first-order chi connectivity index (χ1) is 11.0. The quantitative estimate of drug-likeness (QED) is 0.696. The highest BCUT2D eigenvalue weighted by atomic mass is 16.3. The molecule has 0 aromatic heterocycles. The summed E-state index contributed by atoms with van der Waals surface area (Å²) in [7, 11) is 0. The Morgan fingerprint density at radius 1 is 1.35 bits per heavy atom. The van der Waals surface area contributed by atoms with Crippen LogP contribution in [-0.2, 0) is 4.79 Å². The number of piperidine rings is 2. The number of aliphatic hydroxyl groups is 1. The fourth-order valence-corrected chi connectivity index (χ4v) is 10.3. The molecule has 6 aliphatic carbocycles. The molecular weight excluding hydrogens is 286 g/mol. The summed E-state index contributed by atoms with van der Waals surface area (Å²) < 4.78 is 0. The second-order valence-electron chi connectivity index (χ2n) is 10.4. The number of aliphatic hydroxyl groups excluding tert-OH is 1. The van der Waals surface area contributed by atoms with E-state index in [2.05, 4.69) is 18.4 Å². The van der Waals surface area contributed by atoms with Crippen molar-refractivity contribution < 1.29 is 9.90 Å². The minimum atomic E-state index is -0.446. The van der Waals surface area contributed by atoms with Crippen molar-refractivity contribution in [2.75, 3.05) is 6.54 Å². The summed E-state index contributed by atoms with van der Waals surface area (Å²) in [5.41, 5.74) is 1.77. The Labute approximate surface area is 137 Å². The summed E-state index contributed by atoms with van der Waals surface area (Å²) in [5.74, 6) is 1.47. The molecule has 3 heteroatoms. The molecule has 3 saturated heterocycles. The number of carbonyl (C=O) groups is 1. The van der Waals surface area contributed by atoms with E-state index in [0.717, 1.165) is 24.3 Å². The van der Waals surface area contributed by atoms with Gasteiger partial charge in [0.15, 0.2) is 0 Å². The number of rotatable bonds is 0. The first-order valence-electron chi connectivity index (χ1n) is 9.61. The zero-order valence-corrected chi connectivity index (χ0v) is 13.8. The number of hydrogen-bond acceptors (Lipinski definition) is 3. The predicted octanol–water partition coefficient (Wildman–Crippen LogP) is 2.00. The fraction of sp³-hybridized carbons (Fsp3) is 0.850. The molecule has 9 fully saturated rings. The topological polar surface area (TPSA) is 40.5 Å². The Morgan fingerprint density at radius 3 is 3.00 bits per heavy atom. The third-order valence-corrected chi connectivity index (χ3v) is 9.95. The second-order valence-corrected chi connectivity index (χ2v) is 10.4. The molecule has 0 amide bonds. The van der Waals surface area contributed by atoms with Crippen LogP contribution in [0.2, 0.25) is 0 Å². The van der Waals surface area contributed by atoms with Gasteiger partial charge in [-0.2, -0.15) is 0 Å². The highest BCUT2D eigenvalue weighted by Crippen LogP contribution is 2.86. The molecule has 1 unspecified atom stereocenters. The third kappa shape index (κ3) is 0.896. The maximum Gasteiger partial charge on any atom is 0.146 e. The summed E-state index contributed by atoms with van der Waals surface area (Å²) in [5, 5.41) is 11.1. The average molecular weight is 311 g/mol. The van der Waals surface area contributed by atoms with E-state index < -0.39 is 6.10 Å². The molecule has 9 bridgehead atoms. The molecule has 9 rings (SSSR count). The Hall–Kier alpha value is -0.670. The lowest BCUT2D eigenvalue weighted by atomic mass is 9.40. The summed E-state index contributed by atoms with van der Waals surface area (Å²) >= 11 is 0. The molecule has 0 aromatic carbocycles. The molecule has 3 nitrogen and oxygen atoms in total. The van der Waals surface area contributed by atoms with Gasteiger partial charge < -0.3 is 5.11 Å². The van der Waals surface area contributed by atoms with Crippen molar-refractivity contribution in [3.8, 4) is 0 Å². The van der Waals surface area contributed by atoms with Gasteiger partial charge in [0.2, 0.25) is 0 Å². The van der Waals surface area contributed by atoms with Crippen LogP contribution in [-0.4, -0.2) is 40.5 Å². The highest BCUT2D eigenvalue weighted by molar-refractivity contribution is 5.92. The van der Waals surface area contributed by atoms with Crippen LogP contribution in [0.4, 0.5) is 0 Å². The number of nitrogens with zero attached hydrogens (tertiary/aromatic N) is 1. The van der Waals surface area contributed by atoms with Crippen LogP contribution in [0.15, 0.2) is 12.2 Å². The molecule has 11 atom stereocenters. The van der Waals surface area contributed by atoms with Crippen molar-refractivity contribution in [3.63, 3.8) is 0 Å². The largest absolute Gasteiger partial charge is 0.392 e. The van der Waals surface area contributed by atoms with Gasteiger partial charge in [0.05, 0.1) is 12.0 Å². The van der Waals surface area contributed by atoms with Gasteiger partial charge in [0.25, 0.3) is 0 Å². The Kier molecular flexibility index (Phi) is 1.71. The Balaban J connectivity index is 1.56. The fourth-order valence-electron chi connectivity index (χ4n) is 10.3. The summed E-state index contributed by atoms with van der Waals surface area (Å²) in [6.45, 7) is 7.95. The molecule has 0 radical (unpaired) electrons. The molecule has 3 heterocycles. The number of hydrogen-bond donors (Lipinski definition) is 1. The minimum Gasteiger partial charge on any atom is -0.392 e. The lowest BCUT2D eigenvalue weighted by molar-refractivity contribution is -0.174. The normalized spacial score (nSPS) is 72.4. The highest BCUT2D eigenvalue weighted by Gasteiger charge is 2.89. The van der Waals surface area contributed by atoms with Crippen molar-refractivity contribution >= 4 is 5.78 Å². The molecular formula is C20H25NO2. The van der Waals surface area contributed by atoms with Crippen LogP contribution < -0.4 is 0 Å². The standard InChI is InChI=1S/C20H25NO2/c1-9-6-19-7-10-15-18(2)4-3-5-20(15)16(19)14(23)11(9)13(22)12(19)17(20)21(10)8-18/h10-13,15-17,22H,1,3-8H2,2H3/t10-,11-,12+,13+,15+,16+,17+,18-,19-,20-/m0/s1. The number of Topliss-reactive ketones (excluding diaryl/α,β-unsaturated/α-hetero) is 1. The predicted molar refractivity (Wildman–Crippen MR) is 84.5 cm³/mol. The molecule has 23 heavy (non-hydrogen) atoms. The minimum absolute atomic E-state index is 0.0766. The van der Waals surface area contributed by atoms with Crippen molar-refractivity contribution in [2.24, 2.45) is 39.9 Å². The molecule has 122 valence electrons. The smallest absolute Gasteiger partial charge is 0.146 e. The van der Waals surface area contributed by atoms with Crippen molar-refractivity contribution in [1.82, 2.24) is 4.90 Å². The van der Waals surface area contributed by atoms with Crippen LogP contribution >= 0.6 is 0 Å². The van der Waals surface area contributed by atoms with E-state index in [-0.39, 0.29) is 22.7 Å². The zero-order valence-electron chi connectivity index (χ0n) is 13.8.